The Kier molecular flexibility index (Phi) is 4.24. The molecule has 136 valence electrons. The predicted octanol–water partition coefficient (Wildman–Crippen LogP) is 3.54. The largest absolute Gasteiger partial charge is 0.314 e. The molecule has 0 saturated carbocycles. The molecule has 3 aromatic heterocycles. The molecule has 0 aliphatic rings. The Bertz CT molecular complexity index is 1230. The molecule has 0 spiro atoms. The number of aromatic nitrogens is 3. The van der Waals surface area contributed by atoms with Crippen molar-refractivity contribution in [3.05, 3.63) is 64.8 Å². The number of anilines is 1. The van der Waals surface area contributed by atoms with Crippen LogP contribution >= 0.6 is 11.3 Å². The van der Waals surface area contributed by atoms with Gasteiger partial charge in [0.2, 0.25) is 5.91 Å². The number of rotatable bonds is 3. The summed E-state index contributed by atoms with van der Waals surface area (Å²) in [6.45, 7) is 3.69. The van der Waals surface area contributed by atoms with E-state index in [1.807, 2.05) is 43.3 Å². The van der Waals surface area contributed by atoms with Crippen molar-refractivity contribution in [2.24, 2.45) is 0 Å². The van der Waals surface area contributed by atoms with Crippen molar-refractivity contribution in [2.75, 3.05) is 11.9 Å². The molecule has 0 N–H and O–H groups in total. The highest BCUT2D eigenvalue weighted by molar-refractivity contribution is 7.25. The van der Waals surface area contributed by atoms with Gasteiger partial charge in [-0.15, -0.1) is 11.3 Å². The van der Waals surface area contributed by atoms with E-state index in [0.717, 1.165) is 21.5 Å². The quantitative estimate of drug-likeness (QED) is 0.547. The van der Waals surface area contributed by atoms with Gasteiger partial charge in [0.05, 0.1) is 11.8 Å². The number of carbonyl (C=O) groups is 1. The van der Waals surface area contributed by atoms with Crippen LogP contribution in [0, 0.1) is 6.92 Å². The molecule has 3 heterocycles. The number of carbonyl (C=O) groups excluding carboxylic acids is 1. The van der Waals surface area contributed by atoms with E-state index in [1.54, 1.807) is 25.1 Å². The maximum absolute atomic E-state index is 13.0. The van der Waals surface area contributed by atoms with Crippen LogP contribution in [0.25, 0.3) is 20.4 Å². The number of pyridine rings is 1. The van der Waals surface area contributed by atoms with Crippen LogP contribution in [-0.4, -0.2) is 27.5 Å². The van der Waals surface area contributed by atoms with Crippen LogP contribution in [0.3, 0.4) is 0 Å². The Balaban J connectivity index is 1.75. The molecule has 7 heteroatoms. The second kappa shape index (κ2) is 6.59. The third-order valence-electron chi connectivity index (χ3n) is 4.67. The van der Waals surface area contributed by atoms with Crippen molar-refractivity contribution >= 4 is 43.4 Å². The summed E-state index contributed by atoms with van der Waals surface area (Å²) in [5.41, 5.74) is 2.27. The molecule has 1 atom stereocenters. The van der Waals surface area contributed by atoms with E-state index in [0.29, 0.717) is 10.2 Å². The lowest BCUT2D eigenvalue weighted by atomic mass is 10.2. The van der Waals surface area contributed by atoms with Gasteiger partial charge >= 0.3 is 0 Å². The molecule has 0 unspecified atom stereocenters. The number of aryl methyl sites for hydroxylation is 1. The van der Waals surface area contributed by atoms with Gasteiger partial charge < -0.3 is 4.90 Å². The van der Waals surface area contributed by atoms with Crippen LogP contribution in [0.4, 0.5) is 5.69 Å². The lowest BCUT2D eigenvalue weighted by Crippen LogP contribution is -2.37. The van der Waals surface area contributed by atoms with Crippen molar-refractivity contribution in [3.8, 4) is 0 Å². The molecule has 1 amide bonds. The van der Waals surface area contributed by atoms with Crippen molar-refractivity contribution in [1.82, 2.24) is 14.5 Å². The van der Waals surface area contributed by atoms with Crippen LogP contribution in [0.2, 0.25) is 0 Å². The van der Waals surface area contributed by atoms with Crippen LogP contribution in [-0.2, 0) is 4.79 Å². The van der Waals surface area contributed by atoms with E-state index in [2.05, 4.69) is 9.97 Å². The normalized spacial score (nSPS) is 12.4. The average molecular weight is 378 g/mol. The first-order chi connectivity index (χ1) is 13.0. The summed E-state index contributed by atoms with van der Waals surface area (Å²) < 4.78 is 1.91. The molecule has 0 radical (unpaired) electrons. The Hall–Kier alpha value is -3.06. The van der Waals surface area contributed by atoms with Crippen molar-refractivity contribution < 1.29 is 4.79 Å². The summed E-state index contributed by atoms with van der Waals surface area (Å²) in [6.07, 6.45) is 3.15. The number of hydrogen-bond donors (Lipinski definition) is 0. The Labute approximate surface area is 159 Å². The van der Waals surface area contributed by atoms with Gasteiger partial charge in [-0.3, -0.25) is 14.2 Å². The molecule has 4 rings (SSSR count). The van der Waals surface area contributed by atoms with Crippen molar-refractivity contribution in [1.29, 1.82) is 0 Å². The van der Waals surface area contributed by atoms with Crippen LogP contribution < -0.4 is 10.5 Å². The lowest BCUT2D eigenvalue weighted by molar-refractivity contribution is -0.121. The second-order valence-corrected chi connectivity index (χ2v) is 7.50. The Morgan fingerprint density at radius 2 is 2.04 bits per heavy atom. The molecular weight excluding hydrogens is 360 g/mol. The number of likely N-dealkylation sites (N-methyl/N-ethyl adjacent to an activating group) is 1. The minimum absolute atomic E-state index is 0.178. The molecule has 0 fully saturated rings. The zero-order chi connectivity index (χ0) is 19.1. The van der Waals surface area contributed by atoms with E-state index in [1.165, 1.54) is 22.2 Å². The highest BCUT2D eigenvalue weighted by Crippen LogP contribution is 2.28. The van der Waals surface area contributed by atoms with Gasteiger partial charge in [0.1, 0.15) is 15.6 Å². The van der Waals surface area contributed by atoms with Crippen molar-refractivity contribution in [3.63, 3.8) is 0 Å². The SMILES string of the molecule is Cc1cccc(N(C)C(=O)[C@@H](C)n2cnc3c(sc4ncccc43)c2=O)c1. The minimum Gasteiger partial charge on any atom is -0.314 e. The third-order valence-corrected chi connectivity index (χ3v) is 5.77. The molecule has 6 nitrogen and oxygen atoms in total. The first-order valence-corrected chi connectivity index (χ1v) is 9.37. The highest BCUT2D eigenvalue weighted by atomic mass is 32.1. The predicted molar refractivity (Wildman–Crippen MR) is 108 cm³/mol. The maximum Gasteiger partial charge on any atom is 0.272 e. The summed E-state index contributed by atoms with van der Waals surface area (Å²) in [7, 11) is 1.72. The summed E-state index contributed by atoms with van der Waals surface area (Å²) >= 11 is 1.31. The molecule has 0 aliphatic heterocycles. The molecule has 0 saturated heterocycles. The third kappa shape index (κ3) is 2.90. The number of benzene rings is 1. The van der Waals surface area contributed by atoms with Gasteiger partial charge in [-0.2, -0.15) is 0 Å². The minimum atomic E-state index is -0.668. The zero-order valence-corrected chi connectivity index (χ0v) is 16.0. The fraction of sp³-hybridized carbons (Fsp3) is 0.200. The fourth-order valence-electron chi connectivity index (χ4n) is 3.12. The standard InChI is InChI=1S/C20H18N4O2S/c1-12-6-4-7-14(10-12)23(3)19(25)13(2)24-11-22-16-15-8-5-9-21-18(15)27-17(16)20(24)26/h4-11,13H,1-3H3/t13-/m1/s1. The molecule has 1 aromatic carbocycles. The van der Waals surface area contributed by atoms with E-state index >= 15 is 0 Å². The Morgan fingerprint density at radius 3 is 2.81 bits per heavy atom. The smallest absolute Gasteiger partial charge is 0.272 e. The van der Waals surface area contributed by atoms with E-state index in [4.69, 9.17) is 0 Å². The number of hydrogen-bond acceptors (Lipinski definition) is 5. The van der Waals surface area contributed by atoms with Gasteiger partial charge in [0.25, 0.3) is 5.56 Å². The van der Waals surface area contributed by atoms with Crippen molar-refractivity contribution in [2.45, 2.75) is 19.9 Å². The number of nitrogens with zero attached hydrogens (tertiary/aromatic N) is 4. The molecule has 0 bridgehead atoms. The van der Waals surface area contributed by atoms with Gasteiger partial charge in [-0.1, -0.05) is 12.1 Å². The lowest BCUT2D eigenvalue weighted by Gasteiger charge is -2.23. The van der Waals surface area contributed by atoms with Gasteiger partial charge in [-0.05, 0) is 43.7 Å². The summed E-state index contributed by atoms with van der Waals surface area (Å²) in [5.74, 6) is -0.178. The van der Waals surface area contributed by atoms with E-state index in [-0.39, 0.29) is 11.5 Å². The van der Waals surface area contributed by atoms with E-state index < -0.39 is 6.04 Å². The van der Waals surface area contributed by atoms with Crippen LogP contribution in [0.15, 0.2) is 53.7 Å². The van der Waals surface area contributed by atoms with Gasteiger partial charge in [0, 0.05) is 24.3 Å². The maximum atomic E-state index is 13.0. The molecule has 0 aliphatic carbocycles. The summed E-state index contributed by atoms with van der Waals surface area (Å²) in [5, 5.41) is 0.859. The fourth-order valence-corrected chi connectivity index (χ4v) is 4.16. The highest BCUT2D eigenvalue weighted by Gasteiger charge is 2.23. The number of fused-ring (bicyclic) bond motifs is 3. The topological polar surface area (TPSA) is 68.1 Å². The number of thiophene rings is 1. The Morgan fingerprint density at radius 1 is 1.22 bits per heavy atom. The van der Waals surface area contributed by atoms with Crippen LogP contribution in [0.1, 0.15) is 18.5 Å². The molecule has 4 aromatic rings. The first kappa shape index (κ1) is 17.4. The monoisotopic (exact) mass is 378 g/mol. The summed E-state index contributed by atoms with van der Waals surface area (Å²) in [6, 6.07) is 10.7. The van der Waals surface area contributed by atoms with Gasteiger partial charge in [-0.25, -0.2) is 9.97 Å². The molecular formula is C20H18N4O2S. The van der Waals surface area contributed by atoms with Gasteiger partial charge in [0.15, 0.2) is 0 Å². The average Bonchev–Trinajstić information content (AvgIpc) is 3.06. The zero-order valence-electron chi connectivity index (χ0n) is 15.2. The first-order valence-electron chi connectivity index (χ1n) is 8.56. The molecule has 27 heavy (non-hydrogen) atoms. The second-order valence-electron chi connectivity index (χ2n) is 6.51. The van der Waals surface area contributed by atoms with E-state index in [9.17, 15) is 9.59 Å². The van der Waals surface area contributed by atoms with Crippen LogP contribution in [0.5, 0.6) is 0 Å². The number of amides is 1. The summed E-state index contributed by atoms with van der Waals surface area (Å²) in [4.78, 5) is 37.0.